The number of fused-ring (bicyclic) bond motifs is 1. The number of carbonyl (C=O) groups excluding carboxylic acids is 3. The Bertz CT molecular complexity index is 1340. The molecule has 8 heteroatoms. The number of hydrogen-bond donors (Lipinski definition) is 1. The van der Waals surface area contributed by atoms with E-state index in [0.717, 1.165) is 5.56 Å². The minimum absolute atomic E-state index is 0.195. The molecule has 2 amide bonds. The fourth-order valence-corrected chi connectivity index (χ4v) is 4.97. The van der Waals surface area contributed by atoms with Crippen LogP contribution in [0.2, 0.25) is 0 Å². The van der Waals surface area contributed by atoms with Crippen molar-refractivity contribution in [2.75, 3.05) is 13.7 Å². The molecule has 3 aromatic rings. The van der Waals surface area contributed by atoms with Crippen molar-refractivity contribution in [1.82, 2.24) is 15.3 Å². The lowest BCUT2D eigenvalue weighted by atomic mass is 9.93. The van der Waals surface area contributed by atoms with Crippen LogP contribution in [0, 0.1) is 0 Å². The minimum atomic E-state index is -0.896. The number of nitrogens with one attached hydrogen (secondary N) is 1. The number of amides is 2. The van der Waals surface area contributed by atoms with Crippen LogP contribution in [0.25, 0.3) is 0 Å². The molecule has 0 aromatic heterocycles. The Labute approximate surface area is 215 Å². The van der Waals surface area contributed by atoms with Crippen molar-refractivity contribution in [3.8, 4) is 5.75 Å². The molecular weight excluding hydrogens is 470 g/mol. The lowest BCUT2D eigenvalue weighted by Crippen LogP contribution is -2.43. The first-order valence-electron chi connectivity index (χ1n) is 12.1. The van der Waals surface area contributed by atoms with Gasteiger partial charge in [0.15, 0.2) is 0 Å². The van der Waals surface area contributed by atoms with E-state index in [-0.39, 0.29) is 18.4 Å². The predicted octanol–water partition coefficient (Wildman–Crippen LogP) is 3.80. The van der Waals surface area contributed by atoms with Crippen molar-refractivity contribution in [1.29, 1.82) is 0 Å². The smallest absolute Gasteiger partial charge is 0.337 e. The zero-order valence-corrected chi connectivity index (χ0v) is 20.5. The average molecular weight is 498 g/mol. The molecule has 0 spiro atoms. The second kappa shape index (κ2) is 10.3. The summed E-state index contributed by atoms with van der Waals surface area (Å²) in [5.74, 6) is -0.652. The molecule has 37 heavy (non-hydrogen) atoms. The molecule has 1 N–H and O–H groups in total. The average Bonchev–Trinajstić information content (AvgIpc) is 3.45. The van der Waals surface area contributed by atoms with E-state index in [1.54, 1.807) is 38.3 Å². The van der Waals surface area contributed by atoms with Crippen molar-refractivity contribution in [3.05, 3.63) is 113 Å². The van der Waals surface area contributed by atoms with Crippen molar-refractivity contribution in [2.45, 2.75) is 25.0 Å². The Balaban J connectivity index is 1.63. The Morgan fingerprint density at radius 3 is 2.24 bits per heavy atom. The summed E-state index contributed by atoms with van der Waals surface area (Å²) in [6.07, 6.45) is 1.52. The maximum Gasteiger partial charge on any atom is 0.337 e. The van der Waals surface area contributed by atoms with Gasteiger partial charge in [-0.1, -0.05) is 66.7 Å². The fraction of sp³-hybridized carbons (Fsp3) is 0.207. The van der Waals surface area contributed by atoms with Gasteiger partial charge in [-0.05, 0) is 30.7 Å². The van der Waals surface area contributed by atoms with Crippen molar-refractivity contribution in [3.63, 3.8) is 0 Å². The summed E-state index contributed by atoms with van der Waals surface area (Å²) in [4.78, 5) is 40.1. The zero-order chi connectivity index (χ0) is 25.9. The van der Waals surface area contributed by atoms with Gasteiger partial charge in [0.05, 0.1) is 31.4 Å². The Morgan fingerprint density at radius 2 is 1.57 bits per heavy atom. The highest BCUT2D eigenvalue weighted by Gasteiger charge is 2.56. The standard InChI is InChI=1S/C29H27N3O5/c1-3-37-29(35)22-18-31-28(34)24(30-27(33)20-14-8-5-9-15-20)25(19-12-6-4-7-13-19)32(31)26(22)21-16-10-11-17-23(21)36-2/h4-18,24-26H,3H2,1-2H3,(H,30,33)/t24-,25+,26-/m1/s1. The number of benzene rings is 3. The lowest BCUT2D eigenvalue weighted by molar-refractivity contribution is -0.140. The molecule has 2 heterocycles. The number of carbonyl (C=O) groups is 3. The van der Waals surface area contributed by atoms with Gasteiger partial charge in [0, 0.05) is 17.3 Å². The van der Waals surface area contributed by atoms with Gasteiger partial charge in [0.1, 0.15) is 11.8 Å². The Kier molecular flexibility index (Phi) is 6.74. The molecule has 0 unspecified atom stereocenters. The molecule has 0 saturated carbocycles. The van der Waals surface area contributed by atoms with Gasteiger partial charge in [-0.3, -0.25) is 9.59 Å². The van der Waals surface area contributed by atoms with Crippen LogP contribution in [0.3, 0.4) is 0 Å². The summed E-state index contributed by atoms with van der Waals surface area (Å²) in [6.45, 7) is 1.93. The molecule has 0 aliphatic carbocycles. The van der Waals surface area contributed by atoms with E-state index < -0.39 is 24.1 Å². The van der Waals surface area contributed by atoms with E-state index in [0.29, 0.717) is 22.4 Å². The monoisotopic (exact) mass is 497 g/mol. The third-order valence-corrected chi connectivity index (χ3v) is 6.57. The number of ether oxygens (including phenoxy) is 2. The number of hydrazine groups is 1. The Hall–Kier alpha value is -4.43. The zero-order valence-electron chi connectivity index (χ0n) is 20.5. The van der Waals surface area contributed by atoms with E-state index in [1.165, 1.54) is 11.2 Å². The van der Waals surface area contributed by atoms with Crippen molar-refractivity contribution < 1.29 is 23.9 Å². The SMILES string of the molecule is CCOC(=O)C1=CN2C(=O)[C@H](NC(=O)c3ccccc3)[C@H](c3ccccc3)N2[C@@H]1c1ccccc1OC. The first-order chi connectivity index (χ1) is 18.0. The first-order valence-corrected chi connectivity index (χ1v) is 12.1. The molecule has 2 aliphatic rings. The van der Waals surface area contributed by atoms with E-state index in [2.05, 4.69) is 5.32 Å². The summed E-state index contributed by atoms with van der Waals surface area (Å²) in [5, 5.41) is 6.20. The topological polar surface area (TPSA) is 88.2 Å². The maximum absolute atomic E-state index is 13.8. The largest absolute Gasteiger partial charge is 0.496 e. The number of rotatable bonds is 7. The molecule has 5 rings (SSSR count). The number of hydrogen-bond acceptors (Lipinski definition) is 6. The van der Waals surface area contributed by atoms with Crippen molar-refractivity contribution >= 4 is 17.8 Å². The van der Waals surface area contributed by atoms with Crippen molar-refractivity contribution in [2.24, 2.45) is 0 Å². The number of nitrogens with zero attached hydrogens (tertiary/aromatic N) is 2. The summed E-state index contributed by atoms with van der Waals surface area (Å²) in [7, 11) is 1.56. The van der Waals surface area contributed by atoms with Crippen LogP contribution in [-0.2, 0) is 14.3 Å². The van der Waals surface area contributed by atoms with E-state index in [4.69, 9.17) is 9.47 Å². The summed E-state index contributed by atoms with van der Waals surface area (Å²) in [6, 6.07) is 23.4. The van der Waals surface area contributed by atoms with E-state index >= 15 is 0 Å². The maximum atomic E-state index is 13.8. The molecule has 2 aliphatic heterocycles. The van der Waals surface area contributed by atoms with Gasteiger partial charge in [-0.15, -0.1) is 0 Å². The van der Waals surface area contributed by atoms with Crippen LogP contribution in [0.15, 0.2) is 96.7 Å². The molecule has 3 atom stereocenters. The fourth-order valence-electron chi connectivity index (χ4n) is 4.97. The molecule has 1 fully saturated rings. The summed E-state index contributed by atoms with van der Waals surface area (Å²) in [5.41, 5.74) is 2.28. The Morgan fingerprint density at radius 1 is 0.919 bits per heavy atom. The van der Waals surface area contributed by atoms with Crippen LogP contribution in [0.4, 0.5) is 0 Å². The van der Waals surface area contributed by atoms with Crippen LogP contribution < -0.4 is 10.1 Å². The quantitative estimate of drug-likeness (QED) is 0.500. The predicted molar refractivity (Wildman–Crippen MR) is 136 cm³/mol. The van der Waals surface area contributed by atoms with Gasteiger partial charge in [-0.25, -0.2) is 9.80 Å². The molecule has 0 radical (unpaired) electrons. The highest BCUT2D eigenvalue weighted by Crippen LogP contribution is 2.49. The van der Waals surface area contributed by atoms with Crippen LogP contribution in [-0.4, -0.2) is 47.6 Å². The molecule has 188 valence electrons. The molecule has 8 nitrogen and oxygen atoms in total. The van der Waals surface area contributed by atoms with Crippen LogP contribution in [0.1, 0.15) is 40.5 Å². The lowest BCUT2D eigenvalue weighted by Gasteiger charge is -2.33. The first kappa shape index (κ1) is 24.3. The molecular formula is C29H27N3O5. The van der Waals surface area contributed by atoms with Gasteiger partial charge in [-0.2, -0.15) is 5.01 Å². The van der Waals surface area contributed by atoms with Gasteiger partial charge >= 0.3 is 5.97 Å². The number of para-hydroxylation sites is 1. The highest BCUT2D eigenvalue weighted by atomic mass is 16.5. The van der Waals surface area contributed by atoms with E-state index in [1.807, 2.05) is 65.7 Å². The van der Waals surface area contributed by atoms with Gasteiger partial charge in [0.2, 0.25) is 0 Å². The number of esters is 1. The van der Waals surface area contributed by atoms with Gasteiger partial charge in [0.25, 0.3) is 11.8 Å². The second-order valence-electron chi connectivity index (χ2n) is 8.68. The summed E-state index contributed by atoms with van der Waals surface area (Å²) >= 11 is 0. The third kappa shape index (κ3) is 4.36. The van der Waals surface area contributed by atoms with E-state index in [9.17, 15) is 14.4 Å². The highest BCUT2D eigenvalue weighted by molar-refractivity contribution is 6.00. The number of methoxy groups -OCH3 is 1. The van der Waals surface area contributed by atoms with Crippen LogP contribution >= 0.6 is 0 Å². The van der Waals surface area contributed by atoms with Crippen LogP contribution in [0.5, 0.6) is 5.75 Å². The van der Waals surface area contributed by atoms with Gasteiger partial charge < -0.3 is 14.8 Å². The normalized spacial score (nSPS) is 20.8. The second-order valence-corrected chi connectivity index (χ2v) is 8.68. The molecule has 0 bridgehead atoms. The molecule has 3 aromatic carbocycles. The summed E-state index contributed by atoms with van der Waals surface area (Å²) < 4.78 is 11.0. The minimum Gasteiger partial charge on any atom is -0.496 e. The molecule has 1 saturated heterocycles. The third-order valence-electron chi connectivity index (χ3n) is 6.57.